The molecule has 7 heteroatoms. The molecule has 0 unspecified atom stereocenters. The molecule has 0 saturated carbocycles. The molecule has 2 aliphatic rings. The molecule has 0 atom stereocenters. The summed E-state index contributed by atoms with van der Waals surface area (Å²) >= 11 is 0. The van der Waals surface area contributed by atoms with Crippen molar-refractivity contribution >= 4 is 22.8 Å². The molecule has 2 fully saturated rings. The number of carbonyl (C=O) groups is 2. The van der Waals surface area contributed by atoms with Crippen LogP contribution in [0.5, 0.6) is 0 Å². The first-order chi connectivity index (χ1) is 14.0. The van der Waals surface area contributed by atoms with Crippen LogP contribution in [0.25, 0.3) is 11.0 Å². The van der Waals surface area contributed by atoms with Crippen molar-refractivity contribution in [3.05, 3.63) is 35.1 Å². The number of hydrogen-bond donors (Lipinski definition) is 0. The van der Waals surface area contributed by atoms with Crippen molar-refractivity contribution < 1.29 is 18.7 Å². The van der Waals surface area contributed by atoms with Gasteiger partial charge in [-0.15, -0.1) is 0 Å². The molecule has 2 aliphatic heterocycles. The molecule has 156 valence electrons. The fourth-order valence-corrected chi connectivity index (χ4v) is 4.01. The van der Waals surface area contributed by atoms with Crippen molar-refractivity contribution in [1.82, 2.24) is 14.7 Å². The van der Waals surface area contributed by atoms with Crippen LogP contribution in [0.4, 0.5) is 0 Å². The topological polar surface area (TPSA) is 66.2 Å². The Balaban J connectivity index is 1.30. The van der Waals surface area contributed by atoms with Crippen LogP contribution in [0.3, 0.4) is 0 Å². The highest BCUT2D eigenvalue weighted by molar-refractivity contribution is 5.88. The average Bonchev–Trinajstić information content (AvgIpc) is 3.11. The first-order valence-electron chi connectivity index (χ1n) is 10.3. The van der Waals surface area contributed by atoms with Crippen LogP contribution in [-0.2, 0) is 20.7 Å². The summed E-state index contributed by atoms with van der Waals surface area (Å²) < 4.78 is 11.0. The van der Waals surface area contributed by atoms with Gasteiger partial charge in [-0.1, -0.05) is 0 Å². The smallest absolute Gasteiger partial charge is 0.236 e. The van der Waals surface area contributed by atoms with E-state index in [-0.39, 0.29) is 11.8 Å². The van der Waals surface area contributed by atoms with E-state index < -0.39 is 0 Å². The van der Waals surface area contributed by atoms with E-state index in [2.05, 4.69) is 24.8 Å². The summed E-state index contributed by atoms with van der Waals surface area (Å²) in [5.74, 6) is 0.272. The number of ether oxygens (including phenoxy) is 1. The molecule has 0 N–H and O–H groups in total. The van der Waals surface area contributed by atoms with Crippen molar-refractivity contribution in [3.63, 3.8) is 0 Å². The number of hydrogen-bond acceptors (Lipinski definition) is 5. The van der Waals surface area contributed by atoms with Gasteiger partial charge in [-0.2, -0.15) is 0 Å². The van der Waals surface area contributed by atoms with Crippen LogP contribution in [0.1, 0.15) is 16.7 Å². The predicted molar refractivity (Wildman–Crippen MR) is 110 cm³/mol. The average molecular weight is 399 g/mol. The van der Waals surface area contributed by atoms with Gasteiger partial charge in [0.2, 0.25) is 11.8 Å². The summed E-state index contributed by atoms with van der Waals surface area (Å²) in [6.45, 7) is 9.92. The molecule has 0 aliphatic carbocycles. The van der Waals surface area contributed by atoms with Crippen molar-refractivity contribution in [3.8, 4) is 0 Å². The molecule has 7 nitrogen and oxygen atoms in total. The highest BCUT2D eigenvalue weighted by Gasteiger charge is 2.25. The zero-order chi connectivity index (χ0) is 20.4. The van der Waals surface area contributed by atoms with Gasteiger partial charge in [0.25, 0.3) is 0 Å². The van der Waals surface area contributed by atoms with E-state index in [1.165, 1.54) is 11.1 Å². The van der Waals surface area contributed by atoms with Crippen molar-refractivity contribution in [2.75, 3.05) is 59.0 Å². The monoisotopic (exact) mass is 399 g/mol. The van der Waals surface area contributed by atoms with Gasteiger partial charge in [-0.25, -0.2) is 0 Å². The number of carbonyl (C=O) groups excluding carboxylic acids is 2. The quantitative estimate of drug-likeness (QED) is 0.781. The number of furan rings is 1. The Labute approximate surface area is 171 Å². The molecule has 2 saturated heterocycles. The lowest BCUT2D eigenvalue weighted by Gasteiger charge is -2.36. The second-order valence-corrected chi connectivity index (χ2v) is 8.02. The first-order valence-corrected chi connectivity index (χ1v) is 10.3. The number of aryl methyl sites for hydroxylation is 2. The summed E-state index contributed by atoms with van der Waals surface area (Å²) in [6, 6.07) is 4.13. The van der Waals surface area contributed by atoms with Gasteiger partial charge >= 0.3 is 0 Å². The maximum absolute atomic E-state index is 12.8. The zero-order valence-electron chi connectivity index (χ0n) is 17.3. The maximum Gasteiger partial charge on any atom is 0.236 e. The Morgan fingerprint density at radius 1 is 0.897 bits per heavy atom. The summed E-state index contributed by atoms with van der Waals surface area (Å²) in [7, 11) is 0. The number of rotatable bonds is 4. The molecular weight excluding hydrogens is 370 g/mol. The highest BCUT2D eigenvalue weighted by atomic mass is 16.5. The molecule has 3 heterocycles. The Hall–Kier alpha value is -2.38. The van der Waals surface area contributed by atoms with Crippen LogP contribution in [0.15, 0.2) is 22.8 Å². The van der Waals surface area contributed by atoms with Crippen LogP contribution >= 0.6 is 0 Å². The van der Waals surface area contributed by atoms with Crippen LogP contribution < -0.4 is 0 Å². The largest absolute Gasteiger partial charge is 0.464 e. The van der Waals surface area contributed by atoms with Gasteiger partial charge in [-0.05, 0) is 37.1 Å². The van der Waals surface area contributed by atoms with E-state index >= 15 is 0 Å². The van der Waals surface area contributed by atoms with E-state index in [0.717, 1.165) is 29.6 Å². The number of fused-ring (bicyclic) bond motifs is 1. The van der Waals surface area contributed by atoms with Crippen molar-refractivity contribution in [2.45, 2.75) is 20.3 Å². The van der Waals surface area contributed by atoms with E-state index in [0.29, 0.717) is 52.4 Å². The fourth-order valence-electron chi connectivity index (χ4n) is 4.01. The minimum Gasteiger partial charge on any atom is -0.464 e. The van der Waals surface area contributed by atoms with Gasteiger partial charge < -0.3 is 19.0 Å². The molecule has 2 aromatic rings. The Morgan fingerprint density at radius 2 is 1.55 bits per heavy atom. The van der Waals surface area contributed by atoms with Gasteiger partial charge in [0.1, 0.15) is 5.58 Å². The Bertz CT molecular complexity index is 893. The maximum atomic E-state index is 12.8. The second kappa shape index (κ2) is 8.55. The van der Waals surface area contributed by atoms with E-state index in [4.69, 9.17) is 9.15 Å². The van der Waals surface area contributed by atoms with Crippen LogP contribution in [0, 0.1) is 13.8 Å². The molecule has 1 aromatic heterocycles. The minimum absolute atomic E-state index is 0.116. The fraction of sp³-hybridized carbons (Fsp3) is 0.545. The summed E-state index contributed by atoms with van der Waals surface area (Å²) in [6.07, 6.45) is 2.06. The third kappa shape index (κ3) is 4.46. The molecule has 4 rings (SSSR count). The molecule has 0 bridgehead atoms. The van der Waals surface area contributed by atoms with E-state index in [9.17, 15) is 9.59 Å². The Morgan fingerprint density at radius 3 is 2.28 bits per heavy atom. The number of piperazine rings is 1. The molecule has 29 heavy (non-hydrogen) atoms. The molecular formula is C22H29N3O4. The van der Waals surface area contributed by atoms with Gasteiger partial charge in [0, 0.05) is 50.2 Å². The number of benzene rings is 1. The molecule has 1 aromatic carbocycles. The number of nitrogens with zero attached hydrogens (tertiary/aromatic N) is 3. The molecule has 0 radical (unpaired) electrons. The highest BCUT2D eigenvalue weighted by Crippen LogP contribution is 2.25. The number of amides is 2. The SMILES string of the molecule is Cc1cc2occ(CC(=O)N3CCN(CC(=O)N4CCOCC4)CC3)c2cc1C. The number of morpholine rings is 1. The zero-order valence-corrected chi connectivity index (χ0v) is 17.3. The van der Waals surface area contributed by atoms with Gasteiger partial charge in [-0.3, -0.25) is 14.5 Å². The summed E-state index contributed by atoms with van der Waals surface area (Å²) in [4.78, 5) is 31.1. The van der Waals surface area contributed by atoms with Crippen LogP contribution in [0.2, 0.25) is 0 Å². The summed E-state index contributed by atoms with van der Waals surface area (Å²) in [5.41, 5.74) is 4.17. The standard InChI is InChI=1S/C22H29N3O4/c1-16-11-19-18(15-29-20(19)12-17(16)2)13-21(26)24-5-3-23(4-6-24)14-22(27)25-7-9-28-10-8-25/h11-12,15H,3-10,13-14H2,1-2H3. The minimum atomic E-state index is 0.116. The molecule has 2 amide bonds. The predicted octanol–water partition coefficient (Wildman–Crippen LogP) is 1.60. The van der Waals surface area contributed by atoms with Gasteiger partial charge in [0.05, 0.1) is 32.4 Å². The van der Waals surface area contributed by atoms with E-state index in [1.54, 1.807) is 6.26 Å². The van der Waals surface area contributed by atoms with Crippen molar-refractivity contribution in [1.29, 1.82) is 0 Å². The lowest BCUT2D eigenvalue weighted by Crippen LogP contribution is -2.52. The second-order valence-electron chi connectivity index (χ2n) is 8.02. The van der Waals surface area contributed by atoms with E-state index in [1.807, 2.05) is 15.9 Å². The lowest BCUT2D eigenvalue weighted by molar-refractivity contribution is -0.137. The molecule has 0 spiro atoms. The third-order valence-electron chi connectivity index (χ3n) is 6.06. The Kier molecular flexibility index (Phi) is 5.87. The summed E-state index contributed by atoms with van der Waals surface area (Å²) in [5, 5.41) is 1.02. The first kappa shape index (κ1) is 19.9. The lowest BCUT2D eigenvalue weighted by atomic mass is 10.0. The van der Waals surface area contributed by atoms with Crippen LogP contribution in [-0.4, -0.2) is 85.5 Å². The van der Waals surface area contributed by atoms with Gasteiger partial charge in [0.15, 0.2) is 0 Å². The third-order valence-corrected chi connectivity index (χ3v) is 6.06. The van der Waals surface area contributed by atoms with Crippen molar-refractivity contribution in [2.24, 2.45) is 0 Å². The normalized spacial score (nSPS) is 18.4.